The summed E-state index contributed by atoms with van der Waals surface area (Å²) in [6.45, 7) is 9.74. The molecule has 1 amide bonds. The molecule has 0 saturated heterocycles. The molecule has 3 aromatic carbocycles. The monoisotopic (exact) mass is 677 g/mol. The van der Waals surface area contributed by atoms with Crippen molar-refractivity contribution in [3.63, 3.8) is 0 Å². The lowest BCUT2D eigenvalue weighted by atomic mass is 10.1. The molecule has 12 heteroatoms. The highest BCUT2D eigenvalue weighted by Crippen LogP contribution is 2.37. The molecule has 0 aliphatic carbocycles. The first-order chi connectivity index (χ1) is 23.6. The van der Waals surface area contributed by atoms with Crippen LogP contribution in [-0.2, 0) is 11.0 Å². The van der Waals surface area contributed by atoms with E-state index >= 15 is 0 Å². The van der Waals surface area contributed by atoms with Gasteiger partial charge in [0.15, 0.2) is 5.82 Å². The predicted octanol–water partition coefficient (Wildman–Crippen LogP) is 6.39. The van der Waals surface area contributed by atoms with Crippen LogP contribution in [0.2, 0.25) is 5.04 Å². The molecule has 5 aromatic rings. The lowest BCUT2D eigenvalue weighted by Crippen LogP contribution is -2.66. The average molecular weight is 678 g/mol. The first-order valence-electron chi connectivity index (χ1n) is 16.4. The van der Waals surface area contributed by atoms with Crippen LogP contribution in [0.1, 0.15) is 58.1 Å². The van der Waals surface area contributed by atoms with Crippen LogP contribution in [0.4, 0.5) is 16.6 Å². The molecule has 0 spiro atoms. The fourth-order valence-electron chi connectivity index (χ4n) is 6.42. The summed E-state index contributed by atoms with van der Waals surface area (Å²) in [6, 6.07) is 28.5. The molecule has 5 rings (SSSR count). The summed E-state index contributed by atoms with van der Waals surface area (Å²) in [5, 5.41) is 31.6. The van der Waals surface area contributed by atoms with Gasteiger partial charge in [-0.2, -0.15) is 15.3 Å². The molecule has 11 nitrogen and oxygen atoms in total. The van der Waals surface area contributed by atoms with Gasteiger partial charge in [0.25, 0.3) is 8.32 Å². The van der Waals surface area contributed by atoms with Crippen molar-refractivity contribution in [3.05, 3.63) is 96.2 Å². The van der Waals surface area contributed by atoms with Crippen molar-refractivity contribution in [2.75, 3.05) is 24.4 Å². The fraction of sp³-hybridized carbons (Fsp3) is 0.324. The maximum Gasteiger partial charge on any atom is 0.411 e. The molecular weight excluding hydrogens is 635 g/mol. The third-order valence-corrected chi connectivity index (χ3v) is 13.7. The van der Waals surface area contributed by atoms with E-state index in [1.54, 1.807) is 30.1 Å². The third kappa shape index (κ3) is 7.74. The van der Waals surface area contributed by atoms with Crippen LogP contribution in [0.3, 0.4) is 0 Å². The van der Waals surface area contributed by atoms with Crippen LogP contribution in [0.15, 0.2) is 85.1 Å². The molecule has 1 unspecified atom stereocenters. The molecule has 1 atom stereocenters. The Kier molecular flexibility index (Phi) is 11.0. The number of anilines is 2. The number of ether oxygens (including phenoxy) is 1. The molecule has 254 valence electrons. The number of hydrogen-bond acceptors (Lipinski definition) is 8. The topological polar surface area (TPSA) is 147 Å². The number of carbonyl (C=O) groups is 1. The number of fused-ring (bicyclic) bond motifs is 1. The molecule has 0 aliphatic heterocycles. The van der Waals surface area contributed by atoms with Crippen LogP contribution >= 0.6 is 0 Å². The van der Waals surface area contributed by atoms with E-state index in [0.29, 0.717) is 47.7 Å². The van der Waals surface area contributed by atoms with Gasteiger partial charge in [0.2, 0.25) is 5.95 Å². The summed E-state index contributed by atoms with van der Waals surface area (Å²) < 4.78 is 14.5. The van der Waals surface area contributed by atoms with E-state index in [9.17, 15) is 15.2 Å². The van der Waals surface area contributed by atoms with E-state index in [-0.39, 0.29) is 17.0 Å². The van der Waals surface area contributed by atoms with Crippen molar-refractivity contribution in [1.82, 2.24) is 19.7 Å². The molecular formula is C37H43N7O4Si. The SMILES string of the molecule is CCCC(CCO[Si](c1ccccc1)(c1ccccc1)C(C)(C)C)Nc1nc(NC(=O)O)nc2cnn(Cc3ccc(C#N)cc3OC)c12. The number of carboxylic acid groups (broad SMARTS) is 1. The first kappa shape index (κ1) is 35.1. The van der Waals surface area contributed by atoms with E-state index in [0.717, 1.165) is 18.4 Å². The van der Waals surface area contributed by atoms with E-state index in [2.05, 4.69) is 108 Å². The number of benzene rings is 3. The van der Waals surface area contributed by atoms with Gasteiger partial charge in [0.1, 0.15) is 16.8 Å². The highest BCUT2D eigenvalue weighted by atomic mass is 28.4. The second kappa shape index (κ2) is 15.3. The number of methoxy groups -OCH3 is 1. The molecule has 3 N–H and O–H groups in total. The summed E-state index contributed by atoms with van der Waals surface area (Å²) in [5.41, 5.74) is 2.40. The van der Waals surface area contributed by atoms with E-state index in [1.807, 2.05) is 18.2 Å². The zero-order valence-electron chi connectivity index (χ0n) is 28.6. The van der Waals surface area contributed by atoms with Crippen molar-refractivity contribution < 1.29 is 19.1 Å². The Labute approximate surface area is 288 Å². The van der Waals surface area contributed by atoms with E-state index in [4.69, 9.17) is 9.16 Å². The van der Waals surface area contributed by atoms with Gasteiger partial charge in [-0.1, -0.05) is 101 Å². The van der Waals surface area contributed by atoms with Gasteiger partial charge in [-0.25, -0.2) is 9.78 Å². The van der Waals surface area contributed by atoms with Crippen molar-refractivity contribution in [2.45, 2.75) is 64.6 Å². The van der Waals surface area contributed by atoms with Crippen molar-refractivity contribution >= 4 is 47.6 Å². The minimum absolute atomic E-state index is 0.0446. The maximum absolute atomic E-state index is 11.6. The number of aromatic nitrogens is 4. The molecule has 2 aromatic heterocycles. The highest BCUT2D eigenvalue weighted by Gasteiger charge is 2.50. The Morgan fingerprint density at radius 2 is 1.69 bits per heavy atom. The van der Waals surface area contributed by atoms with Gasteiger partial charge in [-0.05, 0) is 40.4 Å². The van der Waals surface area contributed by atoms with E-state index in [1.165, 1.54) is 10.4 Å². The Bertz CT molecular complexity index is 1880. The third-order valence-electron chi connectivity index (χ3n) is 8.62. The van der Waals surface area contributed by atoms with E-state index < -0.39 is 14.4 Å². The molecule has 0 bridgehead atoms. The Balaban J connectivity index is 1.48. The summed E-state index contributed by atoms with van der Waals surface area (Å²) in [6.07, 6.45) is 2.75. The van der Waals surface area contributed by atoms with Crippen LogP contribution in [-0.4, -0.2) is 59.0 Å². The quantitative estimate of drug-likeness (QED) is 0.114. The van der Waals surface area contributed by atoms with Crippen molar-refractivity contribution in [2.24, 2.45) is 0 Å². The highest BCUT2D eigenvalue weighted by molar-refractivity contribution is 6.99. The zero-order chi connectivity index (χ0) is 35.0. The molecule has 0 fully saturated rings. The van der Waals surface area contributed by atoms with Gasteiger partial charge in [-0.15, -0.1) is 0 Å². The molecule has 0 saturated carbocycles. The molecule has 2 heterocycles. The second-order valence-electron chi connectivity index (χ2n) is 12.9. The predicted molar refractivity (Wildman–Crippen MR) is 194 cm³/mol. The van der Waals surface area contributed by atoms with Gasteiger partial charge in [0, 0.05) is 18.2 Å². The number of hydrogen-bond donors (Lipinski definition) is 3. The van der Waals surface area contributed by atoms with Crippen LogP contribution in [0.25, 0.3) is 11.0 Å². The Morgan fingerprint density at radius 1 is 1.02 bits per heavy atom. The largest absolute Gasteiger partial charge is 0.496 e. The number of nitrogens with zero attached hydrogens (tertiary/aromatic N) is 5. The van der Waals surface area contributed by atoms with Gasteiger partial charge in [-0.3, -0.25) is 10.00 Å². The normalized spacial score (nSPS) is 12.3. The smallest absolute Gasteiger partial charge is 0.411 e. The number of amides is 1. The van der Waals surface area contributed by atoms with Crippen LogP contribution in [0, 0.1) is 11.3 Å². The summed E-state index contributed by atoms with van der Waals surface area (Å²) in [5.74, 6) is 0.978. The minimum atomic E-state index is -2.73. The fourth-order valence-corrected chi connectivity index (χ4v) is 11.0. The van der Waals surface area contributed by atoms with Crippen molar-refractivity contribution in [1.29, 1.82) is 5.26 Å². The van der Waals surface area contributed by atoms with Crippen LogP contribution < -0.4 is 25.7 Å². The summed E-state index contributed by atoms with van der Waals surface area (Å²) in [4.78, 5) is 20.6. The lowest BCUT2D eigenvalue weighted by molar-refractivity contribution is 0.209. The summed E-state index contributed by atoms with van der Waals surface area (Å²) >= 11 is 0. The molecule has 0 aliphatic rings. The minimum Gasteiger partial charge on any atom is -0.496 e. The standard InChI is InChI=1S/C37H43N7O4Si/c1-6-13-28(20-21-48-49(37(2,3)4,29-14-9-7-10-15-29)30-16-11-8-12-17-30)40-34-33-31(41-35(42-34)43-36(45)46)24-39-44(33)25-27-19-18-26(23-38)22-32(27)47-5/h7-12,14-19,22,24,28H,6,13,20-21,25H2,1-5H3,(H,45,46)(H2,40,41,42,43). The number of rotatable bonds is 14. The second-order valence-corrected chi connectivity index (χ2v) is 17.2. The van der Waals surface area contributed by atoms with Gasteiger partial charge < -0.3 is 19.6 Å². The van der Waals surface area contributed by atoms with Gasteiger partial charge >= 0.3 is 6.09 Å². The molecule has 49 heavy (non-hydrogen) atoms. The maximum atomic E-state index is 11.6. The van der Waals surface area contributed by atoms with Crippen molar-refractivity contribution in [3.8, 4) is 11.8 Å². The Hall–Kier alpha value is -5.25. The van der Waals surface area contributed by atoms with Gasteiger partial charge in [0.05, 0.1) is 31.5 Å². The lowest BCUT2D eigenvalue weighted by Gasteiger charge is -2.43. The van der Waals surface area contributed by atoms with Crippen LogP contribution in [0.5, 0.6) is 5.75 Å². The number of nitriles is 1. The average Bonchev–Trinajstić information content (AvgIpc) is 3.49. The molecule has 0 radical (unpaired) electrons. The zero-order valence-corrected chi connectivity index (χ0v) is 29.6. The first-order valence-corrected chi connectivity index (χ1v) is 18.3. The number of nitrogens with one attached hydrogen (secondary N) is 2. The summed E-state index contributed by atoms with van der Waals surface area (Å²) in [7, 11) is -1.17. The Morgan fingerprint density at radius 3 is 2.27 bits per heavy atom.